The highest BCUT2D eigenvalue weighted by atomic mass is 32.1. The number of rotatable bonds is 12. The van der Waals surface area contributed by atoms with Gasteiger partial charge < -0.3 is 14.2 Å². The number of likely N-dealkylation sites (tertiary alicyclic amines) is 1. The van der Waals surface area contributed by atoms with Crippen LogP contribution in [0.15, 0.2) is 91.0 Å². The Morgan fingerprint density at radius 3 is 2.36 bits per heavy atom. The maximum Gasteiger partial charge on any atom is 0.271 e. The van der Waals surface area contributed by atoms with E-state index < -0.39 is 17.3 Å². The molecule has 1 unspecified atom stereocenters. The molecule has 0 spiro atoms. The molecule has 0 aliphatic carbocycles. The Morgan fingerprint density at radius 2 is 1.66 bits per heavy atom. The molecule has 1 fully saturated rings. The molecule has 4 nitrogen and oxygen atoms in total. The van der Waals surface area contributed by atoms with Crippen molar-refractivity contribution < 1.29 is 31.8 Å². The van der Waals surface area contributed by atoms with Gasteiger partial charge in [-0.25, -0.2) is 13.2 Å². The molecular formula is C35H31F4NO3S. The van der Waals surface area contributed by atoms with Crippen molar-refractivity contribution in [3.63, 3.8) is 0 Å². The van der Waals surface area contributed by atoms with Crippen LogP contribution in [0.25, 0.3) is 20.5 Å². The first-order chi connectivity index (χ1) is 21.3. The number of ether oxygens (including phenoxy) is 3. The van der Waals surface area contributed by atoms with Crippen molar-refractivity contribution >= 4 is 21.4 Å². The third kappa shape index (κ3) is 6.69. The molecule has 9 heteroatoms. The van der Waals surface area contributed by atoms with E-state index in [1.807, 2.05) is 48.5 Å². The molecule has 0 amide bonds. The predicted molar refractivity (Wildman–Crippen MR) is 165 cm³/mol. The summed E-state index contributed by atoms with van der Waals surface area (Å²) in [6.45, 7) is 2.31. The first-order valence-corrected chi connectivity index (χ1v) is 15.3. The molecule has 44 heavy (non-hydrogen) atoms. The number of thiophene rings is 1. The van der Waals surface area contributed by atoms with Gasteiger partial charge in [-0.2, -0.15) is 0 Å². The fourth-order valence-corrected chi connectivity index (χ4v) is 6.37. The minimum Gasteiger partial charge on any atom is -0.489 e. The predicted octanol–water partition coefficient (Wildman–Crippen LogP) is 9.96. The second kappa shape index (κ2) is 12.9. The maximum absolute atomic E-state index is 14.7. The molecule has 0 saturated carbocycles. The SMILES string of the molecule is CC(F)(F)c1cc(F)ccc1-c1sc2cc(OCc3ccccc3)ccc2c1Oc1ccc(OC2CCN2CCCF)cc1. The van der Waals surface area contributed by atoms with Crippen molar-refractivity contribution in [2.45, 2.75) is 38.5 Å². The van der Waals surface area contributed by atoms with E-state index in [-0.39, 0.29) is 18.5 Å². The molecule has 0 bridgehead atoms. The van der Waals surface area contributed by atoms with E-state index >= 15 is 0 Å². The van der Waals surface area contributed by atoms with Crippen molar-refractivity contribution in [1.29, 1.82) is 0 Å². The number of alkyl halides is 3. The summed E-state index contributed by atoms with van der Waals surface area (Å²) in [5, 5.41) is 0.713. The van der Waals surface area contributed by atoms with Crippen LogP contribution >= 0.6 is 11.3 Å². The van der Waals surface area contributed by atoms with Crippen molar-refractivity contribution in [3.05, 3.63) is 108 Å². The molecule has 1 atom stereocenters. The molecule has 1 aromatic heterocycles. The van der Waals surface area contributed by atoms with Gasteiger partial charge in [-0.15, -0.1) is 11.3 Å². The molecule has 2 heterocycles. The largest absolute Gasteiger partial charge is 0.489 e. The summed E-state index contributed by atoms with van der Waals surface area (Å²) in [7, 11) is 0. The standard InChI is InChI=1S/C35H31F4NO3S/c1-35(38,39)30-20-24(37)8-14-28(30)34-33(29-15-13-27(21-31(29)44-34)41-22-23-6-3-2-4-7-23)43-26-11-9-25(10-12-26)42-32-16-19-40(32)18-5-17-36/h2-4,6-15,20-21,32H,5,16-19,22H2,1H3. The van der Waals surface area contributed by atoms with Gasteiger partial charge in [0.25, 0.3) is 5.92 Å². The average Bonchev–Trinajstić information content (AvgIpc) is 3.36. The number of halogens is 4. The van der Waals surface area contributed by atoms with Crippen molar-refractivity contribution in [2.24, 2.45) is 0 Å². The summed E-state index contributed by atoms with van der Waals surface area (Å²) in [4.78, 5) is 2.55. The highest BCUT2D eigenvalue weighted by molar-refractivity contribution is 7.22. The second-order valence-corrected chi connectivity index (χ2v) is 11.8. The lowest BCUT2D eigenvalue weighted by Crippen LogP contribution is -2.51. The molecule has 6 rings (SSSR count). The van der Waals surface area contributed by atoms with E-state index in [1.165, 1.54) is 23.5 Å². The molecule has 228 valence electrons. The zero-order valence-electron chi connectivity index (χ0n) is 24.1. The van der Waals surface area contributed by atoms with Crippen LogP contribution in [0.1, 0.15) is 30.9 Å². The smallest absolute Gasteiger partial charge is 0.271 e. The third-order valence-electron chi connectivity index (χ3n) is 7.53. The van der Waals surface area contributed by atoms with Gasteiger partial charge in [0.05, 0.1) is 11.6 Å². The van der Waals surface area contributed by atoms with Crippen LogP contribution in [0.2, 0.25) is 0 Å². The summed E-state index contributed by atoms with van der Waals surface area (Å²) in [5.41, 5.74) is 0.790. The normalized spacial score (nSPS) is 15.2. The van der Waals surface area contributed by atoms with Gasteiger partial charge >= 0.3 is 0 Å². The Bertz CT molecular complexity index is 1720. The van der Waals surface area contributed by atoms with Gasteiger partial charge in [-0.1, -0.05) is 36.4 Å². The highest BCUT2D eigenvalue weighted by Crippen LogP contribution is 2.50. The summed E-state index contributed by atoms with van der Waals surface area (Å²) in [5.74, 6) is -1.88. The van der Waals surface area contributed by atoms with Crippen molar-refractivity contribution in [3.8, 4) is 33.4 Å². The molecule has 5 aromatic rings. The van der Waals surface area contributed by atoms with Crippen LogP contribution in [0, 0.1) is 5.82 Å². The second-order valence-electron chi connectivity index (χ2n) is 10.8. The van der Waals surface area contributed by atoms with E-state index in [9.17, 15) is 17.6 Å². The molecule has 0 radical (unpaired) electrons. The lowest BCUT2D eigenvalue weighted by Gasteiger charge is -2.40. The Kier molecular flexibility index (Phi) is 8.77. The minimum atomic E-state index is -3.28. The first kappa shape index (κ1) is 30.0. The first-order valence-electron chi connectivity index (χ1n) is 14.4. The number of hydrogen-bond donors (Lipinski definition) is 0. The molecule has 4 aromatic carbocycles. The van der Waals surface area contributed by atoms with E-state index in [1.54, 1.807) is 24.3 Å². The van der Waals surface area contributed by atoms with Crippen LogP contribution in [-0.4, -0.2) is 30.9 Å². The topological polar surface area (TPSA) is 30.9 Å². The van der Waals surface area contributed by atoms with Gasteiger partial charge in [0.1, 0.15) is 29.7 Å². The zero-order chi connectivity index (χ0) is 30.7. The summed E-state index contributed by atoms with van der Waals surface area (Å²) >= 11 is 1.28. The highest BCUT2D eigenvalue weighted by Gasteiger charge is 2.32. The number of benzene rings is 4. The van der Waals surface area contributed by atoms with E-state index in [2.05, 4.69) is 4.90 Å². The molecular weight excluding hydrogens is 590 g/mol. The van der Waals surface area contributed by atoms with Gasteiger partial charge in [-0.3, -0.25) is 9.29 Å². The van der Waals surface area contributed by atoms with E-state index in [0.717, 1.165) is 36.2 Å². The quantitative estimate of drug-likeness (QED) is 0.130. The van der Waals surface area contributed by atoms with E-state index in [4.69, 9.17) is 14.2 Å². The molecule has 1 saturated heterocycles. The lowest BCUT2D eigenvalue weighted by atomic mass is 10.00. The van der Waals surface area contributed by atoms with Crippen LogP contribution in [0.4, 0.5) is 17.6 Å². The Labute approximate surface area is 257 Å². The summed E-state index contributed by atoms with van der Waals surface area (Å²) in [6, 6.07) is 25.8. The van der Waals surface area contributed by atoms with Crippen LogP contribution in [0.5, 0.6) is 23.0 Å². The third-order valence-corrected chi connectivity index (χ3v) is 8.70. The fraction of sp³-hybridized carbons (Fsp3) is 0.257. The molecule has 1 aliphatic rings. The van der Waals surface area contributed by atoms with Gasteiger partial charge in [0, 0.05) is 47.6 Å². The van der Waals surface area contributed by atoms with Crippen molar-refractivity contribution in [2.75, 3.05) is 19.8 Å². The summed E-state index contributed by atoms with van der Waals surface area (Å²) in [6.07, 6.45) is 1.25. The Balaban J connectivity index is 1.31. The van der Waals surface area contributed by atoms with Crippen LogP contribution in [-0.2, 0) is 12.5 Å². The number of fused-ring (bicyclic) bond motifs is 1. The van der Waals surface area contributed by atoms with Crippen LogP contribution < -0.4 is 14.2 Å². The van der Waals surface area contributed by atoms with Gasteiger partial charge in [-0.05, 0) is 66.6 Å². The Hall–Kier alpha value is -4.08. The lowest BCUT2D eigenvalue weighted by molar-refractivity contribution is -0.0553. The number of nitrogens with zero attached hydrogens (tertiary/aromatic N) is 1. The monoisotopic (exact) mass is 621 g/mol. The van der Waals surface area contributed by atoms with Gasteiger partial charge in [0.15, 0.2) is 12.0 Å². The van der Waals surface area contributed by atoms with Gasteiger partial charge in [0.2, 0.25) is 0 Å². The fourth-order valence-electron chi connectivity index (χ4n) is 5.17. The summed E-state index contributed by atoms with van der Waals surface area (Å²) < 4.78 is 75.4. The van der Waals surface area contributed by atoms with Crippen molar-refractivity contribution in [1.82, 2.24) is 4.90 Å². The number of hydrogen-bond acceptors (Lipinski definition) is 5. The Morgan fingerprint density at radius 1 is 0.909 bits per heavy atom. The van der Waals surface area contributed by atoms with E-state index in [0.29, 0.717) is 52.8 Å². The van der Waals surface area contributed by atoms with Crippen LogP contribution in [0.3, 0.4) is 0 Å². The molecule has 0 N–H and O–H groups in total. The maximum atomic E-state index is 14.7. The minimum absolute atomic E-state index is 0.0911. The molecule has 1 aliphatic heterocycles. The average molecular weight is 622 g/mol. The zero-order valence-corrected chi connectivity index (χ0v) is 24.9.